The average Bonchev–Trinajstić information content (AvgIpc) is 3.08. The lowest BCUT2D eigenvalue weighted by Crippen LogP contribution is -2.29. The summed E-state index contributed by atoms with van der Waals surface area (Å²) in [5, 5.41) is 27.2. The van der Waals surface area contributed by atoms with Gasteiger partial charge in [0.1, 0.15) is 6.54 Å². The maximum absolute atomic E-state index is 11.7. The number of aliphatic hydroxyl groups excluding tert-OH is 1. The summed E-state index contributed by atoms with van der Waals surface area (Å²) in [4.78, 5) is 12.9. The summed E-state index contributed by atoms with van der Waals surface area (Å²) in [6, 6.07) is 1.91. The van der Waals surface area contributed by atoms with Crippen molar-refractivity contribution in [2.45, 2.75) is 25.8 Å². The predicted octanol–water partition coefficient (Wildman–Crippen LogP) is 0.680. The highest BCUT2D eigenvalue weighted by atomic mass is 32.1. The normalized spacial score (nSPS) is 10.7. The number of tetrazole rings is 1. The monoisotopic (exact) mass is 295 g/mol. The number of thiophene rings is 1. The van der Waals surface area contributed by atoms with Crippen molar-refractivity contribution in [2.75, 3.05) is 13.2 Å². The molecule has 0 saturated carbocycles. The molecule has 0 aliphatic rings. The van der Waals surface area contributed by atoms with Crippen LogP contribution in [0.25, 0.3) is 11.4 Å². The molecule has 2 rings (SSSR count). The van der Waals surface area contributed by atoms with Gasteiger partial charge in [0.25, 0.3) is 0 Å². The van der Waals surface area contributed by atoms with Crippen molar-refractivity contribution in [3.63, 3.8) is 0 Å². The third-order valence-corrected chi connectivity index (χ3v) is 3.36. The minimum Gasteiger partial charge on any atom is -0.396 e. The molecule has 0 aliphatic heterocycles. The summed E-state index contributed by atoms with van der Waals surface area (Å²) in [7, 11) is 0. The number of carbonyl (C=O) groups excluding carboxylic acids is 1. The molecule has 8 heteroatoms. The molecule has 7 nitrogen and oxygen atoms in total. The van der Waals surface area contributed by atoms with E-state index in [1.54, 1.807) is 11.3 Å². The molecule has 108 valence electrons. The van der Waals surface area contributed by atoms with Gasteiger partial charge >= 0.3 is 0 Å². The van der Waals surface area contributed by atoms with Crippen LogP contribution < -0.4 is 5.32 Å². The molecule has 0 atom stereocenters. The van der Waals surface area contributed by atoms with Crippen LogP contribution in [0.5, 0.6) is 0 Å². The summed E-state index contributed by atoms with van der Waals surface area (Å²) in [5.74, 6) is 0.394. The third kappa shape index (κ3) is 4.39. The van der Waals surface area contributed by atoms with Crippen LogP contribution in [0.2, 0.25) is 0 Å². The highest BCUT2D eigenvalue weighted by Gasteiger charge is 2.08. The molecule has 0 bridgehead atoms. The van der Waals surface area contributed by atoms with Gasteiger partial charge in [0, 0.05) is 24.1 Å². The van der Waals surface area contributed by atoms with Gasteiger partial charge in [0.2, 0.25) is 11.7 Å². The van der Waals surface area contributed by atoms with E-state index in [1.807, 2.05) is 16.8 Å². The molecular weight excluding hydrogens is 278 g/mol. The molecule has 0 unspecified atom stereocenters. The number of carbonyl (C=O) groups is 1. The Morgan fingerprint density at radius 3 is 3.05 bits per heavy atom. The minimum absolute atomic E-state index is 0.0666. The summed E-state index contributed by atoms with van der Waals surface area (Å²) < 4.78 is 0. The van der Waals surface area contributed by atoms with E-state index in [9.17, 15) is 4.79 Å². The number of nitrogens with one attached hydrogen (secondary N) is 1. The lowest BCUT2D eigenvalue weighted by molar-refractivity contribution is -0.122. The number of hydrogen-bond donors (Lipinski definition) is 2. The molecule has 2 heterocycles. The van der Waals surface area contributed by atoms with Gasteiger partial charge in [-0.2, -0.15) is 16.1 Å². The van der Waals surface area contributed by atoms with Gasteiger partial charge < -0.3 is 10.4 Å². The zero-order chi connectivity index (χ0) is 14.2. The van der Waals surface area contributed by atoms with Crippen molar-refractivity contribution < 1.29 is 9.90 Å². The lowest BCUT2D eigenvalue weighted by Gasteiger charge is -2.03. The molecule has 0 fully saturated rings. The lowest BCUT2D eigenvalue weighted by atomic mass is 10.2. The average molecular weight is 295 g/mol. The van der Waals surface area contributed by atoms with E-state index in [4.69, 9.17) is 5.11 Å². The maximum atomic E-state index is 11.7. The molecule has 0 aliphatic carbocycles. The smallest absolute Gasteiger partial charge is 0.243 e. The molecule has 0 saturated heterocycles. The number of amides is 1. The molecule has 2 aromatic rings. The zero-order valence-electron chi connectivity index (χ0n) is 11.0. The van der Waals surface area contributed by atoms with Crippen molar-refractivity contribution >= 4 is 17.2 Å². The van der Waals surface area contributed by atoms with E-state index in [-0.39, 0.29) is 19.1 Å². The first-order valence-corrected chi connectivity index (χ1v) is 7.42. The quantitative estimate of drug-likeness (QED) is 0.699. The van der Waals surface area contributed by atoms with E-state index in [0.29, 0.717) is 12.4 Å². The highest BCUT2D eigenvalue weighted by Crippen LogP contribution is 2.16. The predicted molar refractivity (Wildman–Crippen MR) is 75.1 cm³/mol. The van der Waals surface area contributed by atoms with Gasteiger partial charge in [-0.3, -0.25) is 4.79 Å². The van der Waals surface area contributed by atoms with Gasteiger partial charge in [-0.1, -0.05) is 0 Å². The number of aliphatic hydroxyl groups is 1. The standard InChI is InChI=1S/C12H17N5O2S/c18-6-3-1-2-5-13-11(19)8-17-15-12(14-16-17)10-4-7-20-9-10/h4,7,9,18H,1-3,5-6,8H2,(H,13,19). The Kier molecular flexibility index (Phi) is 5.63. The Morgan fingerprint density at radius 1 is 1.40 bits per heavy atom. The summed E-state index contributed by atoms with van der Waals surface area (Å²) in [6.07, 6.45) is 2.53. The Labute approximate surface area is 120 Å². The number of aromatic nitrogens is 4. The van der Waals surface area contributed by atoms with Gasteiger partial charge in [-0.25, -0.2) is 0 Å². The fourth-order valence-corrected chi connectivity index (χ4v) is 2.28. The van der Waals surface area contributed by atoms with Gasteiger partial charge in [-0.05, 0) is 35.9 Å². The fraction of sp³-hybridized carbons (Fsp3) is 0.500. The van der Waals surface area contributed by atoms with Crippen LogP contribution in [0.4, 0.5) is 0 Å². The van der Waals surface area contributed by atoms with Gasteiger partial charge in [-0.15, -0.1) is 10.2 Å². The van der Waals surface area contributed by atoms with Crippen molar-refractivity contribution in [1.82, 2.24) is 25.5 Å². The summed E-state index contributed by atoms with van der Waals surface area (Å²) >= 11 is 1.56. The van der Waals surface area contributed by atoms with Crippen LogP contribution >= 0.6 is 11.3 Å². The van der Waals surface area contributed by atoms with Crippen LogP contribution in [-0.4, -0.2) is 44.4 Å². The zero-order valence-corrected chi connectivity index (χ0v) is 11.8. The molecule has 2 N–H and O–H groups in total. The number of rotatable bonds is 8. The first kappa shape index (κ1) is 14.6. The van der Waals surface area contributed by atoms with Crippen LogP contribution in [0.15, 0.2) is 16.8 Å². The first-order valence-electron chi connectivity index (χ1n) is 6.47. The van der Waals surface area contributed by atoms with E-state index in [1.165, 1.54) is 4.80 Å². The largest absolute Gasteiger partial charge is 0.396 e. The highest BCUT2D eigenvalue weighted by molar-refractivity contribution is 7.08. The van der Waals surface area contributed by atoms with Crippen molar-refractivity contribution in [1.29, 1.82) is 0 Å². The van der Waals surface area contributed by atoms with E-state index < -0.39 is 0 Å². The molecule has 0 radical (unpaired) electrons. The molecule has 20 heavy (non-hydrogen) atoms. The fourth-order valence-electron chi connectivity index (χ4n) is 1.64. The molecule has 0 spiro atoms. The number of unbranched alkanes of at least 4 members (excludes halogenated alkanes) is 2. The van der Waals surface area contributed by atoms with Crippen LogP contribution in [0.3, 0.4) is 0 Å². The van der Waals surface area contributed by atoms with Crippen molar-refractivity contribution in [2.24, 2.45) is 0 Å². The molecule has 0 aromatic carbocycles. The third-order valence-electron chi connectivity index (χ3n) is 2.67. The SMILES string of the molecule is O=C(Cn1nnc(-c2ccsc2)n1)NCCCCCO. The maximum Gasteiger partial charge on any atom is 0.243 e. The topological polar surface area (TPSA) is 92.9 Å². The van der Waals surface area contributed by atoms with Gasteiger partial charge in [0.05, 0.1) is 0 Å². The first-order chi connectivity index (χ1) is 9.79. The Balaban J connectivity index is 1.74. The second kappa shape index (κ2) is 7.71. The van der Waals surface area contributed by atoms with Crippen LogP contribution in [0.1, 0.15) is 19.3 Å². The second-order valence-corrected chi connectivity index (χ2v) is 5.07. The van der Waals surface area contributed by atoms with Crippen LogP contribution in [-0.2, 0) is 11.3 Å². The number of nitrogens with zero attached hydrogens (tertiary/aromatic N) is 4. The minimum atomic E-state index is -0.136. The van der Waals surface area contributed by atoms with Crippen molar-refractivity contribution in [3.05, 3.63) is 16.8 Å². The van der Waals surface area contributed by atoms with E-state index in [0.717, 1.165) is 24.8 Å². The van der Waals surface area contributed by atoms with E-state index >= 15 is 0 Å². The molecule has 2 aromatic heterocycles. The van der Waals surface area contributed by atoms with Crippen molar-refractivity contribution in [3.8, 4) is 11.4 Å². The Morgan fingerprint density at radius 2 is 2.30 bits per heavy atom. The molecule has 1 amide bonds. The molecular formula is C12H17N5O2S. The summed E-state index contributed by atoms with van der Waals surface area (Å²) in [5.41, 5.74) is 0.908. The Bertz CT molecular complexity index is 526. The van der Waals surface area contributed by atoms with Crippen LogP contribution in [0, 0.1) is 0 Å². The summed E-state index contributed by atoms with van der Waals surface area (Å²) in [6.45, 7) is 0.865. The van der Waals surface area contributed by atoms with E-state index in [2.05, 4.69) is 20.7 Å². The Hall–Kier alpha value is -1.80. The van der Waals surface area contributed by atoms with Gasteiger partial charge in [0.15, 0.2) is 0 Å². The second-order valence-electron chi connectivity index (χ2n) is 4.29. The number of hydrogen-bond acceptors (Lipinski definition) is 6.